The average molecular weight is 473 g/mol. The van der Waals surface area contributed by atoms with Crippen molar-refractivity contribution in [1.29, 1.82) is 0 Å². The van der Waals surface area contributed by atoms with Crippen molar-refractivity contribution in [2.24, 2.45) is 0 Å². The minimum absolute atomic E-state index is 0.00722. The summed E-state index contributed by atoms with van der Waals surface area (Å²) in [4.78, 5) is 37.7. The zero-order valence-electron chi connectivity index (χ0n) is 20.7. The first-order valence-electron chi connectivity index (χ1n) is 11.8. The van der Waals surface area contributed by atoms with E-state index in [0.29, 0.717) is 12.1 Å². The Labute approximate surface area is 206 Å². The maximum atomic E-state index is 12.4. The number of rotatable bonds is 7. The van der Waals surface area contributed by atoms with E-state index in [9.17, 15) is 9.59 Å². The number of aromatic nitrogens is 2. The van der Waals surface area contributed by atoms with Crippen LogP contribution in [0.5, 0.6) is 0 Å². The summed E-state index contributed by atoms with van der Waals surface area (Å²) in [6.45, 7) is 5.02. The van der Waals surface area contributed by atoms with E-state index in [0.717, 1.165) is 41.3 Å². The second kappa shape index (κ2) is 10.7. The predicted octanol–water partition coefficient (Wildman–Crippen LogP) is 3.73. The molecular formula is C27H32N6O2. The van der Waals surface area contributed by atoms with Gasteiger partial charge in [0.1, 0.15) is 5.82 Å². The highest BCUT2D eigenvalue weighted by Crippen LogP contribution is 2.40. The van der Waals surface area contributed by atoms with Crippen LogP contribution in [0.4, 0.5) is 11.5 Å². The minimum atomic E-state index is -0.137. The molecule has 0 saturated heterocycles. The van der Waals surface area contributed by atoms with Crippen molar-refractivity contribution >= 4 is 23.3 Å². The zero-order chi connectivity index (χ0) is 24.9. The van der Waals surface area contributed by atoms with Gasteiger partial charge >= 0.3 is 0 Å². The van der Waals surface area contributed by atoms with E-state index < -0.39 is 0 Å². The van der Waals surface area contributed by atoms with Crippen LogP contribution in [0.15, 0.2) is 60.9 Å². The largest absolute Gasteiger partial charge is 0.363 e. The van der Waals surface area contributed by atoms with E-state index in [-0.39, 0.29) is 23.9 Å². The highest BCUT2D eigenvalue weighted by atomic mass is 16.2. The zero-order valence-corrected chi connectivity index (χ0v) is 20.7. The molecule has 3 aromatic rings. The quantitative estimate of drug-likeness (QED) is 0.545. The van der Waals surface area contributed by atoms with Gasteiger partial charge in [-0.05, 0) is 69.4 Å². The number of anilines is 2. The summed E-state index contributed by atoms with van der Waals surface area (Å²) in [5.74, 6) is 0.674. The first-order valence-corrected chi connectivity index (χ1v) is 11.8. The van der Waals surface area contributed by atoms with Crippen molar-refractivity contribution in [2.45, 2.75) is 32.4 Å². The fourth-order valence-electron chi connectivity index (χ4n) is 4.46. The molecule has 0 unspecified atom stereocenters. The monoisotopic (exact) mass is 472 g/mol. The third-order valence-corrected chi connectivity index (χ3v) is 6.17. The fraction of sp³-hybridized carbons (Fsp3) is 0.333. The standard InChI is InChI=1S/C27H32N6O2/c1-18-15-24(31-26-7-5-6-12-28-26)22-16-20(9-11-25(22)33(18)19(2)34)23-10-8-21(17-30-23)27(35)29-13-14-32(3)4/h5-12,16-18,24H,13-15H2,1-4H3,(H,28,31)(H,29,35)/t18-,24+/m0/s1. The van der Waals surface area contributed by atoms with Gasteiger partial charge in [-0.3, -0.25) is 14.6 Å². The van der Waals surface area contributed by atoms with Crippen LogP contribution in [0.1, 0.15) is 42.2 Å². The Kier molecular flexibility index (Phi) is 7.41. The number of likely N-dealkylation sites (N-methyl/N-ethyl adjacent to an activating group) is 1. The smallest absolute Gasteiger partial charge is 0.252 e. The molecular weight excluding hydrogens is 440 g/mol. The lowest BCUT2D eigenvalue weighted by molar-refractivity contribution is -0.117. The number of hydrogen-bond acceptors (Lipinski definition) is 6. The Balaban J connectivity index is 1.61. The molecule has 182 valence electrons. The maximum absolute atomic E-state index is 12.4. The molecule has 0 fully saturated rings. The van der Waals surface area contributed by atoms with Gasteiger partial charge in [-0.1, -0.05) is 12.1 Å². The van der Waals surface area contributed by atoms with E-state index in [1.54, 1.807) is 25.4 Å². The van der Waals surface area contributed by atoms with Crippen molar-refractivity contribution in [3.8, 4) is 11.3 Å². The molecule has 3 heterocycles. The first kappa shape index (κ1) is 24.3. The summed E-state index contributed by atoms with van der Waals surface area (Å²) in [6.07, 6.45) is 4.12. The highest BCUT2D eigenvalue weighted by molar-refractivity contribution is 5.95. The van der Waals surface area contributed by atoms with Crippen molar-refractivity contribution in [3.05, 3.63) is 72.1 Å². The van der Waals surface area contributed by atoms with Gasteiger partial charge in [0, 0.05) is 49.7 Å². The molecule has 1 aliphatic rings. The molecule has 0 radical (unpaired) electrons. The summed E-state index contributed by atoms with van der Waals surface area (Å²) < 4.78 is 0. The van der Waals surface area contributed by atoms with Crippen LogP contribution in [0.2, 0.25) is 0 Å². The van der Waals surface area contributed by atoms with Crippen LogP contribution < -0.4 is 15.5 Å². The lowest BCUT2D eigenvalue weighted by atomic mass is 9.89. The third kappa shape index (κ3) is 5.66. The molecule has 2 N–H and O–H groups in total. The Morgan fingerprint density at radius 2 is 1.94 bits per heavy atom. The topological polar surface area (TPSA) is 90.5 Å². The summed E-state index contributed by atoms with van der Waals surface area (Å²) in [7, 11) is 3.93. The first-order chi connectivity index (χ1) is 16.8. The van der Waals surface area contributed by atoms with Gasteiger partial charge in [0.15, 0.2) is 0 Å². The maximum Gasteiger partial charge on any atom is 0.252 e. The minimum Gasteiger partial charge on any atom is -0.363 e. The second-order valence-electron chi connectivity index (χ2n) is 9.15. The number of fused-ring (bicyclic) bond motifs is 1. The number of nitrogens with zero attached hydrogens (tertiary/aromatic N) is 4. The van der Waals surface area contributed by atoms with Gasteiger partial charge in [0.05, 0.1) is 17.3 Å². The Bertz CT molecular complexity index is 1180. The number of benzene rings is 1. The van der Waals surface area contributed by atoms with Gasteiger partial charge in [-0.25, -0.2) is 4.98 Å². The summed E-state index contributed by atoms with van der Waals surface area (Å²) in [5, 5.41) is 6.44. The van der Waals surface area contributed by atoms with Gasteiger partial charge in [-0.15, -0.1) is 0 Å². The molecule has 1 aliphatic heterocycles. The molecule has 0 bridgehead atoms. The molecule has 2 atom stereocenters. The molecule has 35 heavy (non-hydrogen) atoms. The number of carbonyl (C=O) groups excluding carboxylic acids is 2. The van der Waals surface area contributed by atoms with Gasteiger partial charge < -0.3 is 20.4 Å². The van der Waals surface area contributed by atoms with E-state index >= 15 is 0 Å². The molecule has 0 spiro atoms. The van der Waals surface area contributed by atoms with Crippen molar-refractivity contribution < 1.29 is 9.59 Å². The summed E-state index contributed by atoms with van der Waals surface area (Å²) in [5.41, 5.74) is 4.13. The average Bonchev–Trinajstić information content (AvgIpc) is 2.84. The fourth-order valence-corrected chi connectivity index (χ4v) is 4.46. The Morgan fingerprint density at radius 1 is 1.11 bits per heavy atom. The lowest BCUT2D eigenvalue weighted by Crippen LogP contribution is -2.43. The number of hydrogen-bond donors (Lipinski definition) is 2. The summed E-state index contributed by atoms with van der Waals surface area (Å²) >= 11 is 0. The van der Waals surface area contributed by atoms with Crippen molar-refractivity contribution in [1.82, 2.24) is 20.2 Å². The SMILES string of the molecule is CC(=O)N1c2ccc(-c3ccc(C(=O)NCCN(C)C)cn3)cc2[C@H](Nc2ccccn2)C[C@@H]1C. The van der Waals surface area contributed by atoms with Gasteiger partial charge in [-0.2, -0.15) is 0 Å². The lowest BCUT2D eigenvalue weighted by Gasteiger charge is -2.39. The van der Waals surface area contributed by atoms with Crippen LogP contribution in [-0.2, 0) is 4.79 Å². The third-order valence-electron chi connectivity index (χ3n) is 6.17. The van der Waals surface area contributed by atoms with Crippen LogP contribution in [0, 0.1) is 0 Å². The predicted molar refractivity (Wildman–Crippen MR) is 138 cm³/mol. The number of pyridine rings is 2. The van der Waals surface area contributed by atoms with Crippen LogP contribution in [-0.4, -0.2) is 59.9 Å². The molecule has 8 nitrogen and oxygen atoms in total. The highest BCUT2D eigenvalue weighted by Gasteiger charge is 2.32. The molecule has 2 amide bonds. The molecule has 8 heteroatoms. The molecule has 0 aliphatic carbocycles. The van der Waals surface area contributed by atoms with Crippen molar-refractivity contribution in [2.75, 3.05) is 37.4 Å². The molecule has 0 saturated carbocycles. The Hall–Kier alpha value is -3.78. The molecule has 1 aromatic carbocycles. The van der Waals surface area contributed by atoms with Gasteiger partial charge in [0.2, 0.25) is 5.91 Å². The number of carbonyl (C=O) groups is 2. The molecule has 4 rings (SSSR count). The number of nitrogens with one attached hydrogen (secondary N) is 2. The second-order valence-corrected chi connectivity index (χ2v) is 9.15. The summed E-state index contributed by atoms with van der Waals surface area (Å²) in [6, 6.07) is 15.5. The van der Waals surface area contributed by atoms with Gasteiger partial charge in [0.25, 0.3) is 5.91 Å². The van der Waals surface area contributed by atoms with E-state index in [1.807, 2.05) is 60.3 Å². The number of amides is 2. The van der Waals surface area contributed by atoms with E-state index in [4.69, 9.17) is 0 Å². The van der Waals surface area contributed by atoms with Crippen LogP contribution in [0.25, 0.3) is 11.3 Å². The van der Waals surface area contributed by atoms with E-state index in [2.05, 4.69) is 33.6 Å². The normalized spacial score (nSPS) is 17.1. The van der Waals surface area contributed by atoms with Crippen molar-refractivity contribution in [3.63, 3.8) is 0 Å². The van der Waals surface area contributed by atoms with Crippen LogP contribution >= 0.6 is 0 Å². The van der Waals surface area contributed by atoms with Crippen LogP contribution in [0.3, 0.4) is 0 Å². The van der Waals surface area contributed by atoms with E-state index in [1.165, 1.54) is 0 Å². The molecule has 2 aromatic heterocycles. The Morgan fingerprint density at radius 3 is 2.60 bits per heavy atom.